The number of rotatable bonds is 7. The Morgan fingerprint density at radius 3 is 2.12 bits per heavy atom. The van der Waals surface area contributed by atoms with Crippen molar-refractivity contribution in [3.63, 3.8) is 0 Å². The fraction of sp³-hybridized carbons (Fsp3) is 0.158. The highest BCUT2D eigenvalue weighted by Crippen LogP contribution is 2.34. The second kappa shape index (κ2) is 8.36. The smallest absolute Gasteiger partial charge is 0.248 e. The van der Waals surface area contributed by atoms with Crippen LogP contribution in [0.1, 0.15) is 56.4 Å². The third kappa shape index (κ3) is 4.61. The fourth-order valence-electron chi connectivity index (χ4n) is 2.46. The summed E-state index contributed by atoms with van der Waals surface area (Å²) >= 11 is 0. The lowest BCUT2D eigenvalue weighted by Crippen LogP contribution is -2.11. The highest BCUT2D eigenvalue weighted by Gasteiger charge is 2.15. The van der Waals surface area contributed by atoms with E-state index in [1.807, 2.05) is 19.1 Å². The van der Waals surface area contributed by atoms with Crippen LogP contribution in [0, 0.1) is 0 Å². The molecule has 0 fully saturated rings. The van der Waals surface area contributed by atoms with Gasteiger partial charge < -0.3 is 11.5 Å². The van der Waals surface area contributed by atoms with Gasteiger partial charge in [-0.2, -0.15) is 0 Å². The van der Waals surface area contributed by atoms with Gasteiger partial charge in [-0.25, -0.2) is 0 Å². The fourth-order valence-corrected chi connectivity index (χ4v) is 2.95. The first kappa shape index (κ1) is 18.6. The molecule has 4 N–H and O–H groups in total. The molecule has 25 heavy (non-hydrogen) atoms. The van der Waals surface area contributed by atoms with Gasteiger partial charge in [0.05, 0.1) is 5.66 Å². The van der Waals surface area contributed by atoms with Crippen molar-refractivity contribution in [1.29, 1.82) is 0 Å². The maximum absolute atomic E-state index is 11.5. The number of primary amides is 2. The average molecular weight is 354 g/mol. The van der Waals surface area contributed by atoms with Gasteiger partial charge in [0.2, 0.25) is 11.8 Å². The van der Waals surface area contributed by atoms with E-state index in [1.54, 1.807) is 42.5 Å². The van der Waals surface area contributed by atoms with Crippen LogP contribution in [-0.4, -0.2) is 11.8 Å². The minimum Gasteiger partial charge on any atom is -0.366 e. The Balaban J connectivity index is 2.38. The van der Waals surface area contributed by atoms with E-state index in [2.05, 4.69) is 0 Å². The van der Waals surface area contributed by atoms with Crippen LogP contribution in [-0.2, 0) is 4.57 Å². The highest BCUT2D eigenvalue weighted by molar-refractivity contribution is 7.24. The van der Waals surface area contributed by atoms with E-state index in [0.717, 1.165) is 16.7 Å². The van der Waals surface area contributed by atoms with Crippen LogP contribution in [0.3, 0.4) is 0 Å². The zero-order chi connectivity index (χ0) is 18.4. The molecule has 2 rings (SSSR count). The van der Waals surface area contributed by atoms with Crippen LogP contribution in [0.15, 0.2) is 42.5 Å². The van der Waals surface area contributed by atoms with Crippen LogP contribution in [0.5, 0.6) is 0 Å². The van der Waals surface area contributed by atoms with Crippen LogP contribution < -0.4 is 11.5 Å². The molecular formula is C19H19N2O3P. The first-order valence-corrected chi connectivity index (χ1v) is 8.68. The third-order valence-corrected chi connectivity index (χ3v) is 4.79. The molecule has 0 aliphatic rings. The molecule has 2 amide bonds. The molecule has 0 radical (unpaired) electrons. The van der Waals surface area contributed by atoms with Crippen molar-refractivity contribution in [3.8, 4) is 0 Å². The van der Waals surface area contributed by atoms with Crippen molar-refractivity contribution in [2.24, 2.45) is 11.5 Å². The van der Waals surface area contributed by atoms with Crippen LogP contribution in [0.25, 0.3) is 12.2 Å². The molecule has 0 aliphatic heterocycles. The largest absolute Gasteiger partial charge is 0.366 e. The maximum Gasteiger partial charge on any atom is 0.248 e. The van der Waals surface area contributed by atoms with E-state index in [0.29, 0.717) is 17.5 Å². The molecule has 5 nitrogen and oxygen atoms in total. The molecule has 0 aromatic heterocycles. The Morgan fingerprint density at radius 2 is 1.60 bits per heavy atom. The van der Waals surface area contributed by atoms with Gasteiger partial charge in [-0.15, -0.1) is 0 Å². The lowest BCUT2D eigenvalue weighted by molar-refractivity contribution is 0.0992. The molecule has 128 valence electrons. The lowest BCUT2D eigenvalue weighted by atomic mass is 9.98. The van der Waals surface area contributed by atoms with Crippen molar-refractivity contribution in [3.05, 3.63) is 70.3 Å². The lowest BCUT2D eigenvalue weighted by Gasteiger charge is -2.12. The molecule has 0 bridgehead atoms. The topological polar surface area (TPSA) is 103 Å². The zero-order valence-corrected chi connectivity index (χ0v) is 14.7. The van der Waals surface area contributed by atoms with Gasteiger partial charge in [0, 0.05) is 11.1 Å². The molecular weight excluding hydrogens is 335 g/mol. The minimum absolute atomic E-state index is 0.00570. The molecule has 0 aliphatic carbocycles. The molecule has 0 saturated heterocycles. The van der Waals surface area contributed by atoms with Crippen LogP contribution >= 0.6 is 8.46 Å². The number of amides is 2. The number of hydrogen-bond donors (Lipinski definition) is 2. The van der Waals surface area contributed by atoms with Gasteiger partial charge >= 0.3 is 0 Å². The quantitative estimate of drug-likeness (QED) is 0.584. The van der Waals surface area contributed by atoms with E-state index >= 15 is 0 Å². The normalized spacial score (nSPS) is 12.4. The maximum atomic E-state index is 11.5. The monoisotopic (exact) mass is 354 g/mol. The number of hydrogen-bond acceptors (Lipinski definition) is 3. The summed E-state index contributed by atoms with van der Waals surface area (Å²) < 4.78 is 11.5. The van der Waals surface area contributed by atoms with Crippen molar-refractivity contribution in [2.45, 2.75) is 19.0 Å². The van der Waals surface area contributed by atoms with Gasteiger partial charge in [0.1, 0.15) is 0 Å². The van der Waals surface area contributed by atoms with Gasteiger partial charge in [0.25, 0.3) is 0 Å². The Kier molecular flexibility index (Phi) is 6.20. The number of carbonyl (C=O) groups excluding carboxylic acids is 2. The van der Waals surface area contributed by atoms with Crippen molar-refractivity contribution >= 4 is 32.4 Å². The second-order valence-electron chi connectivity index (χ2n) is 5.56. The molecule has 0 saturated carbocycles. The van der Waals surface area contributed by atoms with Crippen molar-refractivity contribution in [2.75, 3.05) is 0 Å². The van der Waals surface area contributed by atoms with Crippen LogP contribution in [0.2, 0.25) is 0 Å². The van der Waals surface area contributed by atoms with Gasteiger partial charge in [0.15, 0.2) is 8.46 Å². The summed E-state index contributed by atoms with van der Waals surface area (Å²) in [5.41, 5.74) is 13.7. The van der Waals surface area contributed by atoms with E-state index in [4.69, 9.17) is 11.5 Å². The van der Waals surface area contributed by atoms with E-state index in [1.165, 1.54) is 0 Å². The third-order valence-electron chi connectivity index (χ3n) is 3.89. The van der Waals surface area contributed by atoms with E-state index < -0.39 is 11.8 Å². The molecule has 1 atom stereocenters. The number of carbonyl (C=O) groups is 2. The van der Waals surface area contributed by atoms with E-state index in [-0.39, 0.29) is 14.1 Å². The molecule has 2 aromatic rings. The Bertz CT molecular complexity index is 829. The van der Waals surface area contributed by atoms with Crippen molar-refractivity contribution < 1.29 is 14.2 Å². The van der Waals surface area contributed by atoms with Crippen LogP contribution in [0.4, 0.5) is 0 Å². The van der Waals surface area contributed by atoms with Gasteiger partial charge in [-0.1, -0.05) is 37.3 Å². The van der Waals surface area contributed by atoms with E-state index in [9.17, 15) is 14.2 Å². The predicted molar refractivity (Wildman–Crippen MR) is 99.5 cm³/mol. The Morgan fingerprint density at radius 1 is 1.00 bits per heavy atom. The molecule has 2 aromatic carbocycles. The summed E-state index contributed by atoms with van der Waals surface area (Å²) in [6.45, 7) is 1.93. The summed E-state index contributed by atoms with van der Waals surface area (Å²) in [4.78, 5) is 22.5. The zero-order valence-electron chi connectivity index (χ0n) is 13.8. The molecule has 1 unspecified atom stereocenters. The first-order chi connectivity index (χ1) is 12.0. The van der Waals surface area contributed by atoms with Gasteiger partial charge in [-0.05, 0) is 47.4 Å². The number of nitrogens with two attached hydrogens (primary N) is 2. The molecule has 0 heterocycles. The summed E-state index contributed by atoms with van der Waals surface area (Å²) in [5, 5.41) is 0. The number of benzene rings is 2. The second-order valence-corrected chi connectivity index (χ2v) is 6.39. The van der Waals surface area contributed by atoms with Gasteiger partial charge in [-0.3, -0.25) is 14.2 Å². The molecule has 6 heteroatoms. The minimum atomic E-state index is -0.517. The predicted octanol–water partition coefficient (Wildman–Crippen LogP) is 3.80. The van der Waals surface area contributed by atoms with Crippen molar-refractivity contribution in [1.82, 2.24) is 0 Å². The highest BCUT2D eigenvalue weighted by atomic mass is 31.1. The summed E-state index contributed by atoms with van der Waals surface area (Å²) in [5.74, 6) is -0.990. The Hall–Kier alpha value is -2.78. The first-order valence-electron chi connectivity index (χ1n) is 7.80. The summed E-state index contributed by atoms with van der Waals surface area (Å²) in [6, 6.07) is 12.0. The molecule has 0 spiro atoms. The average Bonchev–Trinajstić information content (AvgIpc) is 2.61. The SMILES string of the molecule is CCC(P=O)c1cc(C(N)=O)ccc1C=Cc1ccc(C(N)=O)cc1. The standard InChI is InChI=1S/C19H19N2O3P/c1-2-17(25-24)16-11-15(19(21)23)10-9-13(16)6-3-12-4-7-14(8-5-12)18(20)22/h3-11,17H,2H2,1H3,(H2,20,22)(H2,21,23). The Labute approximate surface area is 147 Å². The summed E-state index contributed by atoms with van der Waals surface area (Å²) in [7, 11) is -0.00570. The summed E-state index contributed by atoms with van der Waals surface area (Å²) in [6.07, 6.45) is 4.43.